The molecule has 68 heavy (non-hydrogen) atoms. The lowest BCUT2D eigenvalue weighted by Gasteiger charge is -2.06. The largest absolute Gasteiger partial charge is 0.381 e. The lowest BCUT2D eigenvalue weighted by Crippen LogP contribution is -2.11. The Hall–Kier alpha value is -1.50. The van der Waals surface area contributed by atoms with Crippen LogP contribution in [0.4, 0.5) is 8.78 Å². The van der Waals surface area contributed by atoms with E-state index in [0.717, 1.165) is 123 Å². The zero-order chi connectivity index (χ0) is 47.7. The highest BCUT2D eigenvalue weighted by atomic mass is 18.2. The van der Waals surface area contributed by atoms with Gasteiger partial charge in [0.05, 0.1) is 79.3 Å². The van der Waals surface area contributed by atoms with Gasteiger partial charge in [-0.15, -0.1) is 0 Å². The molecule has 0 heterocycles. The topological polar surface area (TPSA) is 73.8 Å². The van der Waals surface area contributed by atoms with Gasteiger partial charge in [-0.2, -0.15) is 0 Å². The van der Waals surface area contributed by atoms with Crippen LogP contribution >= 0.6 is 0 Å². The summed E-state index contributed by atoms with van der Waals surface area (Å²) in [5.41, 5.74) is 0. The zero-order valence-corrected chi connectivity index (χ0v) is 43.0. The molecular weight excluding hydrogens is 861 g/mol. The SMILES string of the molecule is CCCOCC1[C@H]2CC/C=C/CC[C@@H]12.CCCOCC1[C@H]2CC/C=C/CC[C@@H]12.[18F]CCOCCOCCOCC1[C@H]2CC/C=C/CC[C@@H]12.[18F]CCOCCOCCOCC1[C@H]2CC/C=C/CC[C@@H]12. The molecule has 0 saturated heterocycles. The summed E-state index contributed by atoms with van der Waals surface area (Å²) >= 11 is 0. The predicted octanol–water partition coefficient (Wildman–Crippen LogP) is 12.8. The van der Waals surface area contributed by atoms with Crippen LogP contribution in [0.25, 0.3) is 0 Å². The number of allylic oxidation sites excluding steroid dienone is 8. The Bertz CT molecular complexity index is 1200. The fraction of sp³-hybridized carbons (Fsp3) is 0.862. The molecule has 8 rings (SSSR count). The van der Waals surface area contributed by atoms with Gasteiger partial charge in [0.25, 0.3) is 0 Å². The zero-order valence-electron chi connectivity index (χ0n) is 43.0. The molecule has 0 amide bonds. The Kier molecular flexibility index (Phi) is 30.7. The number of alkyl halides is 2. The monoisotopic (exact) mass is 959 g/mol. The van der Waals surface area contributed by atoms with E-state index in [0.29, 0.717) is 52.9 Å². The molecule has 0 aromatic rings. The first-order chi connectivity index (χ1) is 33.7. The van der Waals surface area contributed by atoms with Gasteiger partial charge in [0.2, 0.25) is 0 Å². The van der Waals surface area contributed by atoms with E-state index in [1.54, 1.807) is 0 Å². The summed E-state index contributed by atoms with van der Waals surface area (Å²) in [6.45, 7) is 14.0. The van der Waals surface area contributed by atoms with Crippen molar-refractivity contribution in [1.82, 2.24) is 0 Å². The van der Waals surface area contributed by atoms with E-state index in [9.17, 15) is 8.78 Å². The number of rotatable bonds is 28. The third-order valence-corrected chi connectivity index (χ3v) is 15.9. The Morgan fingerprint density at radius 2 is 0.471 bits per heavy atom. The predicted molar refractivity (Wildman–Crippen MR) is 271 cm³/mol. The average molecular weight is 959 g/mol. The van der Waals surface area contributed by atoms with E-state index in [1.165, 1.54) is 103 Å². The van der Waals surface area contributed by atoms with Gasteiger partial charge in [0, 0.05) is 26.4 Å². The summed E-state index contributed by atoms with van der Waals surface area (Å²) in [6, 6.07) is 0. The van der Waals surface area contributed by atoms with E-state index in [-0.39, 0.29) is 13.2 Å². The molecule has 8 nitrogen and oxygen atoms in total. The number of fused-ring (bicyclic) bond motifs is 4. The molecule has 0 aromatic heterocycles. The standard InChI is InChI=1S/2C16H27FO3.2C13H22O/c2*17-7-8-18-9-10-19-11-12-20-13-16-14-5-3-1-2-4-6-15(14)16;2*1-2-9-14-10-13-11-7-5-3-4-6-8-12(11)13/h2*1-2,14-16H,3-13H2;2*3-4,11-13H,2,5-10H2,1H3/b2*2-1+;2*4-3+/t2*14-,15+,16?;2*11-,12+,13?/i2*17-1;;. The number of hydrogen-bond donors (Lipinski definition) is 0. The van der Waals surface area contributed by atoms with Crippen LogP contribution in [0.15, 0.2) is 48.6 Å². The first kappa shape index (κ1) is 57.4. The van der Waals surface area contributed by atoms with E-state index >= 15 is 0 Å². The van der Waals surface area contributed by atoms with Crippen molar-refractivity contribution in [3.63, 3.8) is 0 Å². The van der Waals surface area contributed by atoms with Crippen molar-refractivity contribution in [3.8, 4) is 0 Å². The molecule has 10 heteroatoms. The van der Waals surface area contributed by atoms with Gasteiger partial charge >= 0.3 is 0 Å². The maximum Gasteiger partial charge on any atom is 0.113 e. The van der Waals surface area contributed by atoms with Crippen molar-refractivity contribution >= 4 is 0 Å². The molecule has 0 radical (unpaired) electrons. The van der Waals surface area contributed by atoms with Gasteiger partial charge in [-0.3, -0.25) is 0 Å². The molecule has 0 bridgehead atoms. The lowest BCUT2D eigenvalue weighted by molar-refractivity contribution is 0.00929. The van der Waals surface area contributed by atoms with Crippen molar-refractivity contribution < 1.29 is 46.7 Å². The van der Waals surface area contributed by atoms with E-state index in [4.69, 9.17) is 37.9 Å². The van der Waals surface area contributed by atoms with Crippen LogP contribution in [0, 0.1) is 71.0 Å². The molecule has 392 valence electrons. The molecule has 4 saturated carbocycles. The Labute approximate surface area is 413 Å². The van der Waals surface area contributed by atoms with Crippen LogP contribution in [-0.4, -0.2) is 119 Å². The van der Waals surface area contributed by atoms with Gasteiger partial charge < -0.3 is 37.9 Å². The van der Waals surface area contributed by atoms with Crippen molar-refractivity contribution in [2.24, 2.45) is 71.0 Å². The van der Waals surface area contributed by atoms with Crippen LogP contribution < -0.4 is 0 Å². The summed E-state index contributed by atoms with van der Waals surface area (Å²) in [4.78, 5) is 0. The average Bonchev–Trinajstić information content (AvgIpc) is 4.28. The van der Waals surface area contributed by atoms with Crippen LogP contribution in [0.5, 0.6) is 0 Å². The fourth-order valence-electron chi connectivity index (χ4n) is 11.9. The molecular formula is C58H98F2O8. The molecule has 4 fully saturated rings. The Morgan fingerprint density at radius 3 is 0.676 bits per heavy atom. The highest BCUT2D eigenvalue weighted by molar-refractivity contribution is 5.04. The quantitative estimate of drug-likeness (QED) is 0.0567. The van der Waals surface area contributed by atoms with Gasteiger partial charge in [-0.25, -0.2) is 8.78 Å². The normalized spacial score (nSPS) is 33.6. The van der Waals surface area contributed by atoms with Gasteiger partial charge in [0.15, 0.2) is 0 Å². The second-order valence-electron chi connectivity index (χ2n) is 20.6. The molecule has 0 N–H and O–H groups in total. The minimum atomic E-state index is -0.428. The Balaban J connectivity index is 0.000000172. The number of halogens is 2. The van der Waals surface area contributed by atoms with Crippen LogP contribution in [0.3, 0.4) is 0 Å². The van der Waals surface area contributed by atoms with Crippen molar-refractivity contribution in [1.29, 1.82) is 0 Å². The smallest absolute Gasteiger partial charge is 0.113 e. The maximum atomic E-state index is 11.7. The molecule has 12 atom stereocenters. The van der Waals surface area contributed by atoms with Gasteiger partial charge in [0.1, 0.15) is 13.3 Å². The maximum absolute atomic E-state index is 11.7. The molecule has 0 spiro atoms. The summed E-state index contributed by atoms with van der Waals surface area (Å²) in [6.07, 6.45) is 42.1. The second-order valence-corrected chi connectivity index (χ2v) is 20.6. The van der Waals surface area contributed by atoms with E-state index in [1.807, 2.05) is 0 Å². The van der Waals surface area contributed by atoms with Crippen LogP contribution in [0.1, 0.15) is 129 Å². The highest BCUT2D eigenvalue weighted by Crippen LogP contribution is 2.55. The van der Waals surface area contributed by atoms with Gasteiger partial charge in [-0.1, -0.05) is 62.5 Å². The van der Waals surface area contributed by atoms with Crippen molar-refractivity contribution in [2.75, 3.05) is 119 Å². The molecule has 0 aliphatic heterocycles. The summed E-state index contributed by atoms with van der Waals surface area (Å²) in [5, 5.41) is 0. The first-order valence-electron chi connectivity index (χ1n) is 28.1. The molecule has 8 aliphatic carbocycles. The fourth-order valence-corrected chi connectivity index (χ4v) is 11.9. The van der Waals surface area contributed by atoms with Crippen molar-refractivity contribution in [2.45, 2.75) is 129 Å². The first-order valence-corrected chi connectivity index (χ1v) is 28.1. The minimum Gasteiger partial charge on any atom is -0.381 e. The number of hydrogen-bond acceptors (Lipinski definition) is 8. The lowest BCUT2D eigenvalue weighted by atomic mass is 10.1. The third-order valence-electron chi connectivity index (χ3n) is 15.9. The number of ether oxygens (including phenoxy) is 8. The van der Waals surface area contributed by atoms with E-state index in [2.05, 4.69) is 62.5 Å². The molecule has 4 unspecified atom stereocenters. The highest BCUT2D eigenvalue weighted by Gasteiger charge is 2.50. The van der Waals surface area contributed by atoms with Crippen LogP contribution in [0.2, 0.25) is 0 Å². The summed E-state index contributed by atoms with van der Waals surface area (Å²) in [5.74, 6) is 10.9. The Morgan fingerprint density at radius 1 is 0.279 bits per heavy atom. The van der Waals surface area contributed by atoms with Crippen molar-refractivity contribution in [3.05, 3.63) is 48.6 Å². The van der Waals surface area contributed by atoms with Gasteiger partial charge in [-0.05, 0) is 187 Å². The second kappa shape index (κ2) is 36.4. The minimum absolute atomic E-state index is 0.166. The molecule has 8 aliphatic rings. The van der Waals surface area contributed by atoms with E-state index < -0.39 is 13.3 Å². The summed E-state index contributed by atoms with van der Waals surface area (Å²) < 4.78 is 66.9. The summed E-state index contributed by atoms with van der Waals surface area (Å²) in [7, 11) is 0. The third kappa shape index (κ3) is 22.9. The molecule has 0 aromatic carbocycles. The van der Waals surface area contributed by atoms with Crippen LogP contribution in [-0.2, 0) is 37.9 Å².